The highest BCUT2D eigenvalue weighted by molar-refractivity contribution is 6.76. The monoisotopic (exact) mass is 677 g/mol. The molecule has 4 aromatic rings. The predicted octanol–water partition coefficient (Wildman–Crippen LogP) is 7.70. The van der Waals surface area contributed by atoms with Crippen LogP contribution in [0.15, 0.2) is 36.7 Å². The maximum atomic E-state index is 12.5. The Balaban J connectivity index is 1.33. The van der Waals surface area contributed by atoms with Crippen LogP contribution >= 0.6 is 11.6 Å². The van der Waals surface area contributed by atoms with E-state index in [-0.39, 0.29) is 24.2 Å². The molecule has 0 aliphatic carbocycles. The van der Waals surface area contributed by atoms with E-state index in [4.69, 9.17) is 36.0 Å². The second-order valence-electron chi connectivity index (χ2n) is 15.4. The summed E-state index contributed by atoms with van der Waals surface area (Å²) >= 11 is 7.11. The third-order valence-electron chi connectivity index (χ3n) is 9.03. The molecule has 10 nitrogen and oxygen atoms in total. The minimum atomic E-state index is -1.24. The number of anilines is 2. The first-order chi connectivity index (χ1) is 22.2. The van der Waals surface area contributed by atoms with E-state index in [1.165, 1.54) is 0 Å². The van der Waals surface area contributed by atoms with Gasteiger partial charge in [0.2, 0.25) is 0 Å². The van der Waals surface area contributed by atoms with Crippen LogP contribution in [-0.4, -0.2) is 78.1 Å². The Morgan fingerprint density at radius 3 is 2.40 bits per heavy atom. The number of aromatic nitrogens is 4. The second-order valence-corrected chi connectivity index (χ2v) is 21.4. The molecule has 5 heterocycles. The van der Waals surface area contributed by atoms with Crippen LogP contribution in [0.5, 0.6) is 0 Å². The first-order valence-corrected chi connectivity index (χ1v) is 20.7. The number of carbonyl (C=O) groups excluding carboxylic acids is 1. The van der Waals surface area contributed by atoms with Gasteiger partial charge >= 0.3 is 6.09 Å². The first kappa shape index (κ1) is 33.5. The molecule has 2 fully saturated rings. The summed E-state index contributed by atoms with van der Waals surface area (Å²) < 4.78 is 13.8. The number of rotatable bonds is 9. The summed E-state index contributed by atoms with van der Waals surface area (Å²) in [4.78, 5) is 32.1. The van der Waals surface area contributed by atoms with Gasteiger partial charge in [-0.25, -0.2) is 19.7 Å². The van der Waals surface area contributed by atoms with Gasteiger partial charge in [-0.3, -0.25) is 0 Å². The fourth-order valence-corrected chi connectivity index (χ4v) is 7.82. The maximum absolute atomic E-state index is 12.5. The first-order valence-electron chi connectivity index (χ1n) is 16.7. The molecule has 0 spiro atoms. The Hall–Kier alpha value is -3.41. The summed E-state index contributed by atoms with van der Waals surface area (Å²) in [6.45, 7) is 13.8. The number of nitrogens with zero attached hydrogens (tertiary/aromatic N) is 6. The Kier molecular flexibility index (Phi) is 9.18. The molecular formula is C35H48ClN7O3Si. The zero-order chi connectivity index (χ0) is 33.7. The van der Waals surface area contributed by atoms with Crippen molar-refractivity contribution in [1.29, 1.82) is 0 Å². The van der Waals surface area contributed by atoms with E-state index < -0.39 is 13.7 Å². The molecule has 3 aromatic heterocycles. The van der Waals surface area contributed by atoms with Crippen LogP contribution in [-0.2, 0) is 16.2 Å². The Labute approximate surface area is 283 Å². The van der Waals surface area contributed by atoms with Crippen LogP contribution in [0.4, 0.5) is 16.4 Å². The van der Waals surface area contributed by atoms with Crippen molar-refractivity contribution in [3.63, 3.8) is 0 Å². The Morgan fingerprint density at radius 2 is 1.74 bits per heavy atom. The fraction of sp³-hybridized carbons (Fsp3) is 0.543. The normalized spacial score (nSPS) is 19.9. The van der Waals surface area contributed by atoms with Crippen LogP contribution in [0.3, 0.4) is 0 Å². The van der Waals surface area contributed by atoms with Crippen molar-refractivity contribution in [3.05, 3.63) is 41.7 Å². The number of pyridine rings is 1. The molecular weight excluding hydrogens is 630 g/mol. The van der Waals surface area contributed by atoms with Crippen LogP contribution < -0.4 is 15.1 Å². The van der Waals surface area contributed by atoms with Crippen LogP contribution in [0, 0.1) is 0 Å². The molecule has 2 bridgehead atoms. The van der Waals surface area contributed by atoms with Gasteiger partial charge in [0, 0.05) is 69.6 Å². The molecule has 0 saturated carbocycles. The van der Waals surface area contributed by atoms with Crippen LogP contribution in [0.25, 0.3) is 33.2 Å². The quantitative estimate of drug-likeness (QED) is 0.142. The number of ether oxygens (including phenoxy) is 2. The molecule has 2 aliphatic rings. The molecule has 0 radical (unpaired) electrons. The standard InChI is InChI=1S/C35H48ClN7O3Si/c1-35(2,3)46-34(44)38-23-17-24-11-12-25(18-23)43(24)29-19-37-32-27(20-42(33(32)40-29)21-45-15-16-47(6,7)8)26-13-9-22-10-14-28(41(4)5)39-31(22)30(26)36/h9-10,13-14,19-20,23-25H,11-12,15-18,21H2,1-8H3,(H,38,44). The molecule has 1 aromatic carbocycles. The van der Waals surface area contributed by atoms with Gasteiger partial charge in [-0.15, -0.1) is 0 Å². The number of alkyl carbamates (subject to hydrolysis) is 1. The molecule has 2 atom stereocenters. The number of halogens is 1. The van der Waals surface area contributed by atoms with Crippen molar-refractivity contribution >= 4 is 59.5 Å². The number of piperidine rings is 1. The van der Waals surface area contributed by atoms with Crippen LogP contribution in [0.2, 0.25) is 30.7 Å². The lowest BCUT2D eigenvalue weighted by Crippen LogP contribution is -2.51. The molecule has 6 rings (SSSR count). The summed E-state index contributed by atoms with van der Waals surface area (Å²) in [7, 11) is 2.70. The van der Waals surface area contributed by atoms with E-state index in [9.17, 15) is 4.79 Å². The average Bonchev–Trinajstić information content (AvgIpc) is 3.47. The van der Waals surface area contributed by atoms with Crippen molar-refractivity contribution in [2.24, 2.45) is 0 Å². The zero-order valence-corrected chi connectivity index (χ0v) is 30.7. The number of benzene rings is 1. The second kappa shape index (κ2) is 12.9. The SMILES string of the molecule is CN(C)c1ccc2ccc(-c3cn(COCC[Si](C)(C)C)c4nc(N5C6CCC5CC(NC(=O)OC(C)(C)C)C6)cnc34)c(Cl)c2n1. The molecule has 2 unspecified atom stereocenters. The molecule has 12 heteroatoms. The molecule has 2 aliphatic heterocycles. The third-order valence-corrected chi connectivity index (χ3v) is 11.1. The van der Waals surface area contributed by atoms with E-state index in [1.807, 2.05) is 58.1 Å². The van der Waals surface area contributed by atoms with Crippen molar-refractivity contribution < 1.29 is 14.3 Å². The van der Waals surface area contributed by atoms with Gasteiger partial charge in [0.05, 0.1) is 16.7 Å². The molecule has 47 heavy (non-hydrogen) atoms. The number of carbonyl (C=O) groups is 1. The minimum Gasteiger partial charge on any atom is -0.444 e. The molecule has 252 valence electrons. The highest BCUT2D eigenvalue weighted by atomic mass is 35.5. The lowest BCUT2D eigenvalue weighted by atomic mass is 9.97. The molecule has 1 amide bonds. The highest BCUT2D eigenvalue weighted by Crippen LogP contribution is 2.41. The van der Waals surface area contributed by atoms with E-state index >= 15 is 0 Å². The lowest BCUT2D eigenvalue weighted by molar-refractivity contribution is 0.0492. The summed E-state index contributed by atoms with van der Waals surface area (Å²) in [5.41, 5.74) is 3.55. The van der Waals surface area contributed by atoms with Gasteiger partial charge in [-0.05, 0) is 64.6 Å². The van der Waals surface area contributed by atoms with Crippen molar-refractivity contribution in [1.82, 2.24) is 24.8 Å². The number of hydrogen-bond acceptors (Lipinski definition) is 8. The average molecular weight is 678 g/mol. The largest absolute Gasteiger partial charge is 0.444 e. The van der Waals surface area contributed by atoms with Gasteiger partial charge in [0.1, 0.15) is 29.5 Å². The van der Waals surface area contributed by atoms with Crippen LogP contribution in [0.1, 0.15) is 46.5 Å². The number of hydrogen-bond donors (Lipinski definition) is 1. The van der Waals surface area contributed by atoms with Crippen molar-refractivity contribution in [3.8, 4) is 11.1 Å². The van der Waals surface area contributed by atoms with Crippen molar-refractivity contribution in [2.75, 3.05) is 30.5 Å². The van der Waals surface area contributed by atoms with Gasteiger partial charge < -0.3 is 29.2 Å². The third kappa shape index (κ3) is 7.37. The molecule has 1 N–H and O–H groups in total. The zero-order valence-electron chi connectivity index (χ0n) is 28.9. The van der Waals surface area contributed by atoms with Gasteiger partial charge in [-0.1, -0.05) is 43.4 Å². The Morgan fingerprint density at radius 1 is 1.04 bits per heavy atom. The predicted molar refractivity (Wildman–Crippen MR) is 193 cm³/mol. The summed E-state index contributed by atoms with van der Waals surface area (Å²) in [6, 6.07) is 9.85. The van der Waals surface area contributed by atoms with E-state index in [0.717, 1.165) is 76.6 Å². The van der Waals surface area contributed by atoms with E-state index in [0.29, 0.717) is 18.4 Å². The number of nitrogens with one attached hydrogen (secondary N) is 1. The summed E-state index contributed by atoms with van der Waals surface area (Å²) in [5.74, 6) is 1.70. The number of fused-ring (bicyclic) bond motifs is 4. The summed E-state index contributed by atoms with van der Waals surface area (Å²) in [6.07, 6.45) is 7.40. The smallest absolute Gasteiger partial charge is 0.407 e. The molecule has 2 saturated heterocycles. The van der Waals surface area contributed by atoms with Crippen molar-refractivity contribution in [2.45, 2.75) is 103 Å². The summed E-state index contributed by atoms with van der Waals surface area (Å²) in [5, 5.41) is 4.69. The van der Waals surface area contributed by atoms with Gasteiger partial charge in [-0.2, -0.15) is 0 Å². The Bertz CT molecular complexity index is 1770. The van der Waals surface area contributed by atoms with Gasteiger partial charge in [0.25, 0.3) is 0 Å². The van der Waals surface area contributed by atoms with E-state index in [2.05, 4.69) is 52.8 Å². The topological polar surface area (TPSA) is 97.6 Å². The van der Waals surface area contributed by atoms with Gasteiger partial charge in [0.15, 0.2) is 5.65 Å². The van der Waals surface area contributed by atoms with E-state index in [1.54, 1.807) is 0 Å². The fourth-order valence-electron chi connectivity index (χ4n) is 6.74. The number of amides is 1. The highest BCUT2D eigenvalue weighted by Gasteiger charge is 2.42. The maximum Gasteiger partial charge on any atom is 0.407 e. The lowest BCUT2D eigenvalue weighted by Gasteiger charge is -2.39. The minimum absolute atomic E-state index is 0.0715.